The number of rotatable bonds is 3. The molecule has 0 radical (unpaired) electrons. The average Bonchev–Trinajstić information content (AvgIpc) is 2.03. The van der Waals surface area contributed by atoms with E-state index in [1.165, 1.54) is 0 Å². The van der Waals surface area contributed by atoms with E-state index in [0.717, 1.165) is 5.56 Å². The van der Waals surface area contributed by atoms with Gasteiger partial charge in [-0.15, -0.1) is 0 Å². The SMILES string of the molecule is NC(=O)NCCc1cccc(O)c1. The highest BCUT2D eigenvalue weighted by Gasteiger charge is 1.95. The van der Waals surface area contributed by atoms with Gasteiger partial charge in [-0.3, -0.25) is 0 Å². The van der Waals surface area contributed by atoms with E-state index in [-0.39, 0.29) is 5.75 Å². The molecule has 0 aliphatic heterocycles. The number of phenolic OH excluding ortho intramolecular Hbond substituents is 1. The lowest BCUT2D eigenvalue weighted by molar-refractivity contribution is 0.249. The minimum Gasteiger partial charge on any atom is -0.508 e. The van der Waals surface area contributed by atoms with Gasteiger partial charge in [0.1, 0.15) is 5.75 Å². The van der Waals surface area contributed by atoms with Gasteiger partial charge in [0.25, 0.3) is 0 Å². The van der Waals surface area contributed by atoms with Crippen LogP contribution in [-0.2, 0) is 6.42 Å². The van der Waals surface area contributed by atoms with Gasteiger partial charge in [0.15, 0.2) is 0 Å². The smallest absolute Gasteiger partial charge is 0.312 e. The zero-order chi connectivity index (χ0) is 9.68. The van der Waals surface area contributed by atoms with Crippen LogP contribution in [0.25, 0.3) is 0 Å². The summed E-state index contributed by atoms with van der Waals surface area (Å²) in [7, 11) is 0. The minimum absolute atomic E-state index is 0.233. The molecule has 2 amide bonds. The quantitative estimate of drug-likeness (QED) is 0.637. The van der Waals surface area contributed by atoms with Crippen molar-refractivity contribution in [2.24, 2.45) is 5.73 Å². The van der Waals surface area contributed by atoms with Gasteiger partial charge in [-0.1, -0.05) is 12.1 Å². The number of aromatic hydroxyl groups is 1. The maximum absolute atomic E-state index is 10.3. The number of nitrogens with two attached hydrogens (primary N) is 1. The molecule has 0 heterocycles. The first-order valence-corrected chi connectivity index (χ1v) is 3.99. The molecule has 70 valence electrons. The molecule has 1 rings (SSSR count). The number of carbonyl (C=O) groups excluding carboxylic acids is 1. The Hall–Kier alpha value is -1.71. The Balaban J connectivity index is 2.41. The summed E-state index contributed by atoms with van der Waals surface area (Å²) in [6.45, 7) is 0.485. The number of carbonyl (C=O) groups is 1. The average molecular weight is 180 g/mol. The molecule has 0 spiro atoms. The number of primary amides is 1. The number of hydrogen-bond donors (Lipinski definition) is 3. The van der Waals surface area contributed by atoms with Crippen molar-refractivity contribution in [1.82, 2.24) is 5.32 Å². The Kier molecular flexibility index (Phi) is 3.14. The molecule has 0 aliphatic carbocycles. The summed E-state index contributed by atoms with van der Waals surface area (Å²) < 4.78 is 0. The fourth-order valence-corrected chi connectivity index (χ4v) is 1.04. The van der Waals surface area contributed by atoms with Gasteiger partial charge in [0.05, 0.1) is 0 Å². The fourth-order valence-electron chi connectivity index (χ4n) is 1.04. The van der Waals surface area contributed by atoms with Gasteiger partial charge in [-0.2, -0.15) is 0 Å². The third-order valence-corrected chi connectivity index (χ3v) is 1.62. The van der Waals surface area contributed by atoms with E-state index in [4.69, 9.17) is 10.8 Å². The molecule has 4 heteroatoms. The second-order valence-corrected chi connectivity index (χ2v) is 2.71. The number of nitrogens with one attached hydrogen (secondary N) is 1. The molecule has 1 aromatic carbocycles. The van der Waals surface area contributed by atoms with E-state index in [1.54, 1.807) is 18.2 Å². The van der Waals surface area contributed by atoms with Gasteiger partial charge >= 0.3 is 6.03 Å². The van der Waals surface area contributed by atoms with Crippen LogP contribution in [-0.4, -0.2) is 17.7 Å². The Bertz CT molecular complexity index is 299. The lowest BCUT2D eigenvalue weighted by Gasteiger charge is -2.02. The molecule has 0 bridgehead atoms. The van der Waals surface area contributed by atoms with Gasteiger partial charge in [0, 0.05) is 6.54 Å². The van der Waals surface area contributed by atoms with Crippen molar-refractivity contribution >= 4 is 6.03 Å². The maximum Gasteiger partial charge on any atom is 0.312 e. The van der Waals surface area contributed by atoms with Crippen LogP contribution < -0.4 is 11.1 Å². The third-order valence-electron chi connectivity index (χ3n) is 1.62. The zero-order valence-electron chi connectivity index (χ0n) is 7.16. The summed E-state index contributed by atoms with van der Waals surface area (Å²) in [6, 6.07) is 6.37. The molecule has 0 saturated carbocycles. The first kappa shape index (κ1) is 9.38. The summed E-state index contributed by atoms with van der Waals surface area (Å²) in [4.78, 5) is 10.3. The van der Waals surface area contributed by atoms with Crippen LogP contribution in [0.1, 0.15) is 5.56 Å². The van der Waals surface area contributed by atoms with E-state index < -0.39 is 6.03 Å². The highest BCUT2D eigenvalue weighted by Crippen LogP contribution is 2.10. The molecule has 0 aliphatic rings. The summed E-state index contributed by atoms with van der Waals surface area (Å²) in [5.41, 5.74) is 5.85. The molecule has 1 aromatic rings. The Morgan fingerprint density at radius 3 is 2.92 bits per heavy atom. The van der Waals surface area contributed by atoms with Gasteiger partial charge < -0.3 is 16.2 Å². The first-order valence-electron chi connectivity index (χ1n) is 3.99. The van der Waals surface area contributed by atoms with Crippen LogP contribution in [0.5, 0.6) is 5.75 Å². The van der Waals surface area contributed by atoms with Crippen molar-refractivity contribution in [3.63, 3.8) is 0 Å². The molecule has 0 unspecified atom stereocenters. The number of phenols is 1. The third kappa shape index (κ3) is 3.46. The Labute approximate surface area is 76.4 Å². The summed E-state index contributed by atoms with van der Waals surface area (Å²) in [5.74, 6) is 0.233. The van der Waals surface area contributed by atoms with Crippen LogP contribution in [0, 0.1) is 0 Å². The Morgan fingerprint density at radius 1 is 1.54 bits per heavy atom. The summed E-state index contributed by atoms with van der Waals surface area (Å²) in [5, 5.41) is 11.6. The number of benzene rings is 1. The van der Waals surface area contributed by atoms with Crippen molar-refractivity contribution in [1.29, 1.82) is 0 Å². The lowest BCUT2D eigenvalue weighted by atomic mass is 10.1. The Morgan fingerprint density at radius 2 is 2.31 bits per heavy atom. The fraction of sp³-hybridized carbons (Fsp3) is 0.222. The van der Waals surface area contributed by atoms with Crippen LogP contribution in [0.3, 0.4) is 0 Å². The second kappa shape index (κ2) is 4.35. The summed E-state index contributed by atoms with van der Waals surface area (Å²) >= 11 is 0. The molecule has 0 aromatic heterocycles. The van der Waals surface area contributed by atoms with Gasteiger partial charge in [0.2, 0.25) is 0 Å². The number of amides is 2. The highest BCUT2D eigenvalue weighted by atomic mass is 16.3. The van der Waals surface area contributed by atoms with Crippen LogP contribution in [0.4, 0.5) is 4.79 Å². The normalized spacial score (nSPS) is 9.54. The van der Waals surface area contributed by atoms with Crippen molar-refractivity contribution in [2.45, 2.75) is 6.42 Å². The summed E-state index contributed by atoms with van der Waals surface area (Å²) in [6.07, 6.45) is 0.664. The predicted octanol–water partition coefficient (Wildman–Crippen LogP) is 0.603. The van der Waals surface area contributed by atoms with Crippen molar-refractivity contribution < 1.29 is 9.90 Å². The molecular formula is C9H12N2O2. The topological polar surface area (TPSA) is 75.4 Å². The number of urea groups is 1. The molecule has 0 saturated heterocycles. The van der Waals surface area contributed by atoms with Gasteiger partial charge in [-0.25, -0.2) is 4.79 Å². The van der Waals surface area contributed by atoms with Gasteiger partial charge in [-0.05, 0) is 24.1 Å². The largest absolute Gasteiger partial charge is 0.508 e. The van der Waals surface area contributed by atoms with Crippen LogP contribution >= 0.6 is 0 Å². The lowest BCUT2D eigenvalue weighted by Crippen LogP contribution is -2.30. The standard InChI is InChI=1S/C9H12N2O2/c10-9(13)11-5-4-7-2-1-3-8(12)6-7/h1-3,6,12H,4-5H2,(H3,10,11,13). The van der Waals surface area contributed by atoms with E-state index >= 15 is 0 Å². The molecule has 4 N–H and O–H groups in total. The van der Waals surface area contributed by atoms with Crippen LogP contribution in [0.15, 0.2) is 24.3 Å². The van der Waals surface area contributed by atoms with Crippen LogP contribution in [0.2, 0.25) is 0 Å². The van der Waals surface area contributed by atoms with Crippen molar-refractivity contribution in [2.75, 3.05) is 6.54 Å². The zero-order valence-corrected chi connectivity index (χ0v) is 7.16. The highest BCUT2D eigenvalue weighted by molar-refractivity contribution is 5.71. The molecule has 13 heavy (non-hydrogen) atoms. The van der Waals surface area contributed by atoms with E-state index in [2.05, 4.69) is 5.32 Å². The molecule has 0 fully saturated rings. The number of hydrogen-bond acceptors (Lipinski definition) is 2. The first-order chi connectivity index (χ1) is 6.18. The maximum atomic E-state index is 10.3. The molecule has 0 atom stereocenters. The van der Waals surface area contributed by atoms with E-state index in [0.29, 0.717) is 13.0 Å². The molecular weight excluding hydrogens is 168 g/mol. The molecule has 4 nitrogen and oxygen atoms in total. The van der Waals surface area contributed by atoms with E-state index in [9.17, 15) is 4.79 Å². The second-order valence-electron chi connectivity index (χ2n) is 2.71. The van der Waals surface area contributed by atoms with Crippen molar-refractivity contribution in [3.05, 3.63) is 29.8 Å². The minimum atomic E-state index is -0.528. The van der Waals surface area contributed by atoms with Crippen molar-refractivity contribution in [3.8, 4) is 5.75 Å². The monoisotopic (exact) mass is 180 g/mol. The predicted molar refractivity (Wildman–Crippen MR) is 49.4 cm³/mol. The van der Waals surface area contributed by atoms with E-state index in [1.807, 2.05) is 6.07 Å².